The standard InChI is InChI=1S/C26H37FN2O2/c1-17-13-21(27)14-23-20-6-8-22(9-7-20)31-16-24-26(10-4-5-18(2)28-26)15-19(3)29(24)11-12-30-25(17)23/h13-14,19-20,22,24,28H,2,4-12,15-16H2,1,3H3. The van der Waals surface area contributed by atoms with Crippen molar-refractivity contribution in [1.29, 1.82) is 0 Å². The number of fused-ring (bicyclic) bond motifs is 5. The molecule has 170 valence electrons. The van der Waals surface area contributed by atoms with Gasteiger partial charge in [0.05, 0.1) is 24.3 Å². The van der Waals surface area contributed by atoms with Crippen LogP contribution in [0.4, 0.5) is 4.39 Å². The monoisotopic (exact) mass is 428 g/mol. The number of nitrogens with zero attached hydrogens (tertiary/aromatic N) is 1. The third-order valence-corrected chi connectivity index (χ3v) is 8.26. The summed E-state index contributed by atoms with van der Waals surface area (Å²) < 4.78 is 27.2. The molecule has 1 aliphatic carbocycles. The first-order chi connectivity index (χ1) is 14.9. The van der Waals surface area contributed by atoms with Crippen molar-refractivity contribution in [2.45, 2.75) is 94.9 Å². The van der Waals surface area contributed by atoms with Crippen LogP contribution in [0.5, 0.6) is 5.75 Å². The molecule has 3 unspecified atom stereocenters. The van der Waals surface area contributed by atoms with E-state index in [2.05, 4.69) is 23.7 Å². The van der Waals surface area contributed by atoms with Crippen LogP contribution in [0.1, 0.15) is 75.3 Å². The molecule has 6 rings (SSSR count). The fourth-order valence-corrected chi connectivity index (χ4v) is 6.81. The summed E-state index contributed by atoms with van der Waals surface area (Å²) in [5, 5.41) is 3.82. The molecule has 3 fully saturated rings. The molecule has 2 bridgehead atoms. The van der Waals surface area contributed by atoms with Crippen LogP contribution in [0.2, 0.25) is 0 Å². The number of aryl methyl sites for hydroxylation is 1. The van der Waals surface area contributed by atoms with Crippen LogP contribution in [0.15, 0.2) is 24.4 Å². The zero-order valence-electron chi connectivity index (χ0n) is 19.1. The smallest absolute Gasteiger partial charge is 0.125 e. The minimum Gasteiger partial charge on any atom is -0.492 e. The lowest BCUT2D eigenvalue weighted by Gasteiger charge is -2.43. The second kappa shape index (κ2) is 8.40. The van der Waals surface area contributed by atoms with E-state index in [0.717, 1.165) is 68.6 Å². The summed E-state index contributed by atoms with van der Waals surface area (Å²) in [5.41, 5.74) is 3.20. The molecule has 0 aromatic heterocycles. The minimum absolute atomic E-state index is 0.0586. The van der Waals surface area contributed by atoms with Crippen molar-refractivity contribution in [3.63, 3.8) is 0 Å². The Hall–Kier alpha value is -1.59. The molecule has 1 saturated carbocycles. The zero-order valence-corrected chi connectivity index (χ0v) is 19.1. The third kappa shape index (κ3) is 4.00. The van der Waals surface area contributed by atoms with Gasteiger partial charge in [-0.05, 0) is 88.8 Å². The van der Waals surface area contributed by atoms with Gasteiger partial charge in [-0.15, -0.1) is 0 Å². The lowest BCUT2D eigenvalue weighted by molar-refractivity contribution is -0.0232. The lowest BCUT2D eigenvalue weighted by Crippen LogP contribution is -2.58. The third-order valence-electron chi connectivity index (χ3n) is 8.26. The molecule has 4 aliphatic heterocycles. The minimum atomic E-state index is -0.152. The van der Waals surface area contributed by atoms with Gasteiger partial charge in [-0.2, -0.15) is 0 Å². The van der Waals surface area contributed by atoms with E-state index in [1.807, 2.05) is 6.92 Å². The van der Waals surface area contributed by atoms with E-state index >= 15 is 0 Å². The number of nitrogens with one attached hydrogen (secondary N) is 1. The Morgan fingerprint density at radius 2 is 2.03 bits per heavy atom. The highest BCUT2D eigenvalue weighted by atomic mass is 19.1. The maximum atomic E-state index is 14.3. The Labute approximate surface area is 186 Å². The summed E-state index contributed by atoms with van der Waals surface area (Å²) in [7, 11) is 0. The quantitative estimate of drug-likeness (QED) is 0.626. The molecule has 1 aromatic rings. The van der Waals surface area contributed by atoms with Gasteiger partial charge in [0, 0.05) is 23.8 Å². The highest BCUT2D eigenvalue weighted by Gasteiger charge is 2.51. The maximum Gasteiger partial charge on any atom is 0.125 e. The first-order valence-corrected chi connectivity index (χ1v) is 12.2. The molecule has 5 aliphatic rings. The van der Waals surface area contributed by atoms with Crippen molar-refractivity contribution in [1.82, 2.24) is 10.2 Å². The van der Waals surface area contributed by atoms with E-state index in [9.17, 15) is 4.39 Å². The molecule has 1 N–H and O–H groups in total. The van der Waals surface area contributed by atoms with Crippen LogP contribution < -0.4 is 10.1 Å². The van der Waals surface area contributed by atoms with Crippen molar-refractivity contribution in [2.24, 2.45) is 0 Å². The molecule has 1 aromatic carbocycles. The molecule has 0 amide bonds. The number of piperidine rings is 1. The summed E-state index contributed by atoms with van der Waals surface area (Å²) in [6.45, 7) is 10.8. The van der Waals surface area contributed by atoms with Crippen molar-refractivity contribution >= 4 is 0 Å². The number of ether oxygens (including phenoxy) is 2. The van der Waals surface area contributed by atoms with Gasteiger partial charge in [-0.25, -0.2) is 4.39 Å². The van der Waals surface area contributed by atoms with Crippen LogP contribution in [-0.4, -0.2) is 48.4 Å². The molecule has 4 nitrogen and oxygen atoms in total. The van der Waals surface area contributed by atoms with E-state index < -0.39 is 0 Å². The van der Waals surface area contributed by atoms with Crippen molar-refractivity contribution in [2.75, 3.05) is 19.8 Å². The van der Waals surface area contributed by atoms with Crippen molar-refractivity contribution in [3.05, 3.63) is 41.4 Å². The SMILES string of the molecule is C=C1CCCC2(CC(C)N3CCOc4c(C)cc(F)cc4C4CCC(CC4)OCC32)N1. The number of benzene rings is 1. The largest absolute Gasteiger partial charge is 0.492 e. The fraction of sp³-hybridized carbons (Fsp3) is 0.692. The van der Waals surface area contributed by atoms with E-state index in [1.54, 1.807) is 12.1 Å². The van der Waals surface area contributed by atoms with Crippen LogP contribution in [0, 0.1) is 12.7 Å². The Kier molecular flexibility index (Phi) is 5.76. The number of allylic oxidation sites excluding steroid dienone is 1. The van der Waals surface area contributed by atoms with Crippen molar-refractivity contribution < 1.29 is 13.9 Å². The number of halogens is 1. The van der Waals surface area contributed by atoms with Crippen molar-refractivity contribution in [3.8, 4) is 5.75 Å². The van der Waals surface area contributed by atoms with Crippen LogP contribution >= 0.6 is 0 Å². The number of hydrogen-bond donors (Lipinski definition) is 1. The second-order valence-electron chi connectivity index (χ2n) is 10.3. The van der Waals surface area contributed by atoms with Gasteiger partial charge >= 0.3 is 0 Å². The first kappa shape index (κ1) is 21.3. The molecular weight excluding hydrogens is 391 g/mol. The van der Waals surface area contributed by atoms with Gasteiger partial charge in [0.2, 0.25) is 0 Å². The van der Waals surface area contributed by atoms with E-state index in [0.29, 0.717) is 30.7 Å². The highest BCUT2D eigenvalue weighted by molar-refractivity contribution is 5.43. The molecule has 2 saturated heterocycles. The summed E-state index contributed by atoms with van der Waals surface area (Å²) >= 11 is 0. The average molecular weight is 429 g/mol. The van der Waals surface area contributed by atoms with E-state index in [-0.39, 0.29) is 11.4 Å². The first-order valence-electron chi connectivity index (χ1n) is 12.2. The molecule has 3 atom stereocenters. The van der Waals surface area contributed by atoms with Crippen LogP contribution in [0.25, 0.3) is 0 Å². The van der Waals surface area contributed by atoms with Crippen LogP contribution in [0.3, 0.4) is 0 Å². The Morgan fingerprint density at radius 3 is 2.81 bits per heavy atom. The zero-order chi connectivity index (χ0) is 21.6. The van der Waals surface area contributed by atoms with Gasteiger partial charge in [-0.1, -0.05) is 6.58 Å². The Balaban J connectivity index is 1.45. The van der Waals surface area contributed by atoms with Gasteiger partial charge in [0.15, 0.2) is 0 Å². The number of hydrogen-bond acceptors (Lipinski definition) is 4. The molecule has 5 heteroatoms. The summed E-state index contributed by atoms with van der Waals surface area (Å²) in [4.78, 5) is 2.59. The second-order valence-corrected chi connectivity index (χ2v) is 10.3. The van der Waals surface area contributed by atoms with Gasteiger partial charge in [-0.3, -0.25) is 4.90 Å². The van der Waals surface area contributed by atoms with Gasteiger partial charge in [0.1, 0.15) is 18.2 Å². The predicted octanol–water partition coefficient (Wildman–Crippen LogP) is 5.06. The summed E-state index contributed by atoms with van der Waals surface area (Å²) in [6.07, 6.45) is 9.02. The molecule has 0 radical (unpaired) electrons. The van der Waals surface area contributed by atoms with Crippen LogP contribution in [-0.2, 0) is 4.74 Å². The topological polar surface area (TPSA) is 33.7 Å². The summed E-state index contributed by atoms with van der Waals surface area (Å²) in [5.74, 6) is 1.12. The normalized spacial score (nSPS) is 36.5. The molecule has 31 heavy (non-hydrogen) atoms. The molecular formula is C26H37FN2O2. The highest BCUT2D eigenvalue weighted by Crippen LogP contribution is 2.43. The number of rotatable bonds is 0. The van der Waals surface area contributed by atoms with E-state index in [1.165, 1.54) is 18.5 Å². The van der Waals surface area contributed by atoms with Gasteiger partial charge in [0.25, 0.3) is 0 Å². The maximum absolute atomic E-state index is 14.3. The molecule has 4 heterocycles. The van der Waals surface area contributed by atoms with Gasteiger partial charge < -0.3 is 14.8 Å². The Morgan fingerprint density at radius 1 is 1.23 bits per heavy atom. The lowest BCUT2D eigenvalue weighted by atomic mass is 9.80. The Bertz CT molecular complexity index is 835. The average Bonchev–Trinajstić information content (AvgIpc) is 2.98. The molecule has 1 spiro atoms. The fourth-order valence-electron chi connectivity index (χ4n) is 6.81. The summed E-state index contributed by atoms with van der Waals surface area (Å²) in [6, 6.07) is 4.11. The predicted molar refractivity (Wildman–Crippen MR) is 121 cm³/mol. The van der Waals surface area contributed by atoms with E-state index in [4.69, 9.17) is 9.47 Å².